The zero-order chi connectivity index (χ0) is 23.7. The minimum absolute atomic E-state index is 0.242. The van der Waals surface area contributed by atoms with Crippen LogP contribution in [0, 0.1) is 6.92 Å². The molecule has 0 spiro atoms. The highest BCUT2D eigenvalue weighted by atomic mass is 16.5. The Kier molecular flexibility index (Phi) is 5.83. The largest absolute Gasteiger partial charge is 0.493 e. The highest BCUT2D eigenvalue weighted by molar-refractivity contribution is 6.11. The molecule has 0 saturated heterocycles. The molecule has 8 nitrogen and oxygen atoms in total. The highest BCUT2D eigenvalue weighted by Gasteiger charge is 2.27. The van der Waals surface area contributed by atoms with Crippen molar-refractivity contribution in [3.63, 3.8) is 0 Å². The number of carbonyl (C=O) groups excluding carboxylic acids is 2. The van der Waals surface area contributed by atoms with Crippen LogP contribution in [0.3, 0.4) is 0 Å². The summed E-state index contributed by atoms with van der Waals surface area (Å²) in [5.41, 5.74) is 2.72. The lowest BCUT2D eigenvalue weighted by molar-refractivity contribution is 0.0989. The molecule has 3 aromatic rings. The predicted molar refractivity (Wildman–Crippen MR) is 124 cm³/mol. The minimum Gasteiger partial charge on any atom is -0.493 e. The van der Waals surface area contributed by atoms with E-state index in [2.05, 4.69) is 5.32 Å². The van der Waals surface area contributed by atoms with Crippen molar-refractivity contribution in [2.24, 2.45) is 0 Å². The van der Waals surface area contributed by atoms with E-state index >= 15 is 0 Å². The lowest BCUT2D eigenvalue weighted by atomic mass is 10.1. The lowest BCUT2D eigenvalue weighted by Gasteiger charge is -2.17. The number of methoxy groups -OCH3 is 3. The molecule has 0 radical (unpaired) electrons. The average Bonchev–Trinajstić information content (AvgIpc) is 2.92. The number of hydrogen-bond donors (Lipinski definition) is 1. The number of rotatable bonds is 5. The topological polar surface area (TPSA) is 86.3 Å². The summed E-state index contributed by atoms with van der Waals surface area (Å²) >= 11 is 0. The van der Waals surface area contributed by atoms with Crippen molar-refractivity contribution in [2.45, 2.75) is 6.92 Å². The third-order valence-corrected chi connectivity index (χ3v) is 5.42. The van der Waals surface area contributed by atoms with Gasteiger partial charge in [0.05, 0.1) is 38.1 Å². The molecule has 0 unspecified atom stereocenters. The number of ether oxygens (including phenoxy) is 4. The molecule has 0 fully saturated rings. The minimum atomic E-state index is -0.429. The molecule has 0 aromatic heterocycles. The van der Waals surface area contributed by atoms with Crippen LogP contribution in [-0.4, -0.2) is 40.2 Å². The van der Waals surface area contributed by atoms with Crippen LogP contribution in [0.25, 0.3) is 0 Å². The SMILES string of the molecule is COc1ccc(C(=O)Nc2ccc3c(c2)C(=O)N(C)c2cc(C)ccc2O3)c(OC)c1OC. The number of nitrogens with zero attached hydrogens (tertiary/aromatic N) is 1. The van der Waals surface area contributed by atoms with Crippen molar-refractivity contribution in [3.8, 4) is 28.7 Å². The average molecular weight is 448 g/mol. The molecule has 2 amide bonds. The zero-order valence-electron chi connectivity index (χ0n) is 19.0. The Morgan fingerprint density at radius 2 is 1.64 bits per heavy atom. The molecular weight excluding hydrogens is 424 g/mol. The Balaban J connectivity index is 1.67. The second kappa shape index (κ2) is 8.74. The van der Waals surface area contributed by atoms with E-state index in [9.17, 15) is 9.59 Å². The fourth-order valence-electron chi connectivity index (χ4n) is 3.73. The summed E-state index contributed by atoms with van der Waals surface area (Å²) < 4.78 is 22.0. The first-order valence-electron chi connectivity index (χ1n) is 10.2. The summed E-state index contributed by atoms with van der Waals surface area (Å²) in [7, 11) is 6.11. The van der Waals surface area contributed by atoms with E-state index in [0.29, 0.717) is 39.9 Å². The fourth-order valence-corrected chi connectivity index (χ4v) is 3.73. The first kappa shape index (κ1) is 22.0. The van der Waals surface area contributed by atoms with Gasteiger partial charge in [-0.15, -0.1) is 0 Å². The third kappa shape index (κ3) is 3.91. The van der Waals surface area contributed by atoms with Crippen LogP contribution in [-0.2, 0) is 0 Å². The smallest absolute Gasteiger partial charge is 0.261 e. The number of hydrogen-bond acceptors (Lipinski definition) is 6. The first-order chi connectivity index (χ1) is 15.9. The zero-order valence-corrected chi connectivity index (χ0v) is 19.0. The van der Waals surface area contributed by atoms with Crippen LogP contribution in [0.5, 0.6) is 28.7 Å². The van der Waals surface area contributed by atoms with E-state index in [1.54, 1.807) is 37.4 Å². The molecule has 1 aliphatic heterocycles. The van der Waals surface area contributed by atoms with Gasteiger partial charge in [-0.05, 0) is 55.0 Å². The van der Waals surface area contributed by atoms with E-state index in [-0.39, 0.29) is 17.2 Å². The molecule has 0 atom stereocenters. The van der Waals surface area contributed by atoms with E-state index in [0.717, 1.165) is 5.56 Å². The Bertz CT molecular complexity index is 1250. The van der Waals surface area contributed by atoms with Crippen molar-refractivity contribution in [2.75, 3.05) is 38.6 Å². The Labute approximate surface area is 191 Å². The number of nitrogens with one attached hydrogen (secondary N) is 1. The van der Waals surface area contributed by atoms with Gasteiger partial charge < -0.3 is 29.2 Å². The van der Waals surface area contributed by atoms with Crippen LogP contribution >= 0.6 is 0 Å². The normalized spacial score (nSPS) is 12.2. The molecule has 3 aromatic carbocycles. The lowest BCUT2D eigenvalue weighted by Crippen LogP contribution is -2.25. The van der Waals surface area contributed by atoms with Gasteiger partial charge in [0.15, 0.2) is 17.2 Å². The molecule has 0 aliphatic carbocycles. The molecule has 4 rings (SSSR count). The van der Waals surface area contributed by atoms with E-state index in [1.165, 1.54) is 26.2 Å². The van der Waals surface area contributed by atoms with Gasteiger partial charge >= 0.3 is 0 Å². The van der Waals surface area contributed by atoms with Gasteiger partial charge in [0, 0.05) is 12.7 Å². The maximum atomic E-state index is 13.2. The summed E-state index contributed by atoms with van der Waals surface area (Å²) in [6.07, 6.45) is 0. The number of anilines is 2. The molecule has 170 valence electrons. The highest BCUT2D eigenvalue weighted by Crippen LogP contribution is 2.41. The summed E-state index contributed by atoms with van der Waals surface area (Å²) in [5.74, 6) is 1.33. The second-order valence-corrected chi connectivity index (χ2v) is 7.48. The molecule has 33 heavy (non-hydrogen) atoms. The van der Waals surface area contributed by atoms with Crippen molar-refractivity contribution in [3.05, 3.63) is 65.2 Å². The van der Waals surface area contributed by atoms with E-state index in [1.807, 2.05) is 25.1 Å². The Morgan fingerprint density at radius 3 is 2.33 bits per heavy atom. The molecule has 0 bridgehead atoms. The Morgan fingerprint density at radius 1 is 0.909 bits per heavy atom. The molecule has 0 saturated carbocycles. The van der Waals surface area contributed by atoms with E-state index < -0.39 is 5.91 Å². The summed E-state index contributed by atoms with van der Waals surface area (Å²) in [4.78, 5) is 27.7. The van der Waals surface area contributed by atoms with Gasteiger partial charge in [-0.1, -0.05) is 6.07 Å². The quantitative estimate of drug-likeness (QED) is 0.611. The molecule has 1 heterocycles. The van der Waals surface area contributed by atoms with Crippen molar-refractivity contribution in [1.29, 1.82) is 0 Å². The standard InChI is InChI=1S/C25H24N2O6/c1-14-6-9-20-18(12-14)27(2)25(29)17-13-15(7-10-19(17)33-20)26-24(28)16-8-11-21(30-3)23(32-5)22(16)31-4/h6-13H,1-5H3,(H,26,28). The molecule has 1 N–H and O–H groups in total. The van der Waals surface area contributed by atoms with Crippen molar-refractivity contribution >= 4 is 23.2 Å². The second-order valence-electron chi connectivity index (χ2n) is 7.48. The first-order valence-corrected chi connectivity index (χ1v) is 10.2. The molecule has 1 aliphatic rings. The van der Waals surface area contributed by atoms with Gasteiger partial charge in [0.2, 0.25) is 5.75 Å². The summed E-state index contributed by atoms with van der Waals surface area (Å²) in [6.45, 7) is 1.95. The van der Waals surface area contributed by atoms with Gasteiger partial charge in [-0.2, -0.15) is 0 Å². The van der Waals surface area contributed by atoms with Crippen molar-refractivity contribution < 1.29 is 28.5 Å². The number of amides is 2. The maximum Gasteiger partial charge on any atom is 0.261 e. The van der Waals surface area contributed by atoms with Crippen LogP contribution in [0.1, 0.15) is 26.3 Å². The van der Waals surface area contributed by atoms with Gasteiger partial charge in [-0.25, -0.2) is 0 Å². The molecule has 8 heteroatoms. The number of benzene rings is 3. The van der Waals surface area contributed by atoms with Crippen LogP contribution < -0.4 is 29.2 Å². The summed E-state index contributed by atoms with van der Waals surface area (Å²) in [6, 6.07) is 13.8. The van der Waals surface area contributed by atoms with Crippen LogP contribution in [0.15, 0.2) is 48.5 Å². The summed E-state index contributed by atoms with van der Waals surface area (Å²) in [5, 5.41) is 2.82. The van der Waals surface area contributed by atoms with Crippen molar-refractivity contribution in [1.82, 2.24) is 0 Å². The number of aryl methyl sites for hydroxylation is 1. The third-order valence-electron chi connectivity index (χ3n) is 5.42. The monoisotopic (exact) mass is 448 g/mol. The Hall–Kier alpha value is -4.20. The maximum absolute atomic E-state index is 13.2. The van der Waals surface area contributed by atoms with Crippen LogP contribution in [0.2, 0.25) is 0 Å². The van der Waals surface area contributed by atoms with Gasteiger partial charge in [0.1, 0.15) is 5.75 Å². The number of fused-ring (bicyclic) bond motifs is 2. The number of carbonyl (C=O) groups is 2. The van der Waals surface area contributed by atoms with Gasteiger partial charge in [-0.3, -0.25) is 9.59 Å². The molecular formula is C25H24N2O6. The predicted octanol–water partition coefficient (Wildman–Crippen LogP) is 4.66. The fraction of sp³-hybridized carbons (Fsp3) is 0.200. The van der Waals surface area contributed by atoms with Gasteiger partial charge in [0.25, 0.3) is 11.8 Å². The van der Waals surface area contributed by atoms with E-state index in [4.69, 9.17) is 18.9 Å². The van der Waals surface area contributed by atoms with Crippen LogP contribution in [0.4, 0.5) is 11.4 Å².